The second-order valence-electron chi connectivity index (χ2n) is 6.53. The summed E-state index contributed by atoms with van der Waals surface area (Å²) >= 11 is 0. The van der Waals surface area contributed by atoms with Crippen LogP contribution in [0.15, 0.2) is 0 Å². The molecule has 21 heavy (non-hydrogen) atoms. The number of carbonyl (C=O) groups is 2. The normalized spacial score (nSPS) is 28.3. The molecule has 2 unspecified atom stereocenters. The first-order valence-corrected chi connectivity index (χ1v) is 9.37. The molecule has 0 aromatic heterocycles. The predicted octanol–water partition coefficient (Wildman–Crippen LogP) is 0.184. The zero-order chi connectivity index (χ0) is 15.6. The van der Waals surface area contributed by atoms with E-state index in [0.29, 0.717) is 25.4 Å². The van der Waals surface area contributed by atoms with Crippen LogP contribution in [-0.2, 0) is 19.4 Å². The Hall–Kier alpha value is -1.11. The van der Waals surface area contributed by atoms with Crippen LogP contribution in [0.2, 0.25) is 0 Å². The molecule has 2 fully saturated rings. The lowest BCUT2D eigenvalue weighted by Gasteiger charge is -2.18. The SMILES string of the molecule is CC(C)CCN1CC(C(=O)NC2CCS(=O)(=O)C2)CC1=O. The minimum Gasteiger partial charge on any atom is -0.352 e. The first-order valence-electron chi connectivity index (χ1n) is 7.55. The van der Waals surface area contributed by atoms with Crippen LogP contribution in [0.4, 0.5) is 0 Å². The molecule has 0 aromatic rings. The molecule has 2 aliphatic heterocycles. The summed E-state index contributed by atoms with van der Waals surface area (Å²) in [4.78, 5) is 25.8. The van der Waals surface area contributed by atoms with Crippen molar-refractivity contribution in [3.8, 4) is 0 Å². The zero-order valence-electron chi connectivity index (χ0n) is 12.7. The van der Waals surface area contributed by atoms with Crippen molar-refractivity contribution in [2.75, 3.05) is 24.6 Å². The molecule has 0 spiro atoms. The summed E-state index contributed by atoms with van der Waals surface area (Å²) in [5, 5.41) is 2.79. The molecule has 6 nitrogen and oxygen atoms in total. The van der Waals surface area contributed by atoms with Gasteiger partial charge >= 0.3 is 0 Å². The van der Waals surface area contributed by atoms with Gasteiger partial charge in [0.2, 0.25) is 11.8 Å². The smallest absolute Gasteiger partial charge is 0.225 e. The molecule has 120 valence electrons. The van der Waals surface area contributed by atoms with Gasteiger partial charge in [-0.3, -0.25) is 9.59 Å². The van der Waals surface area contributed by atoms with E-state index in [4.69, 9.17) is 0 Å². The average molecular weight is 316 g/mol. The number of nitrogens with zero attached hydrogens (tertiary/aromatic N) is 1. The van der Waals surface area contributed by atoms with Gasteiger partial charge in [-0.15, -0.1) is 0 Å². The first kappa shape index (κ1) is 16.3. The molecule has 2 amide bonds. The molecule has 0 saturated carbocycles. The van der Waals surface area contributed by atoms with Gasteiger partial charge < -0.3 is 10.2 Å². The summed E-state index contributed by atoms with van der Waals surface area (Å²) in [5.74, 6) is 0.188. The quantitative estimate of drug-likeness (QED) is 0.784. The van der Waals surface area contributed by atoms with E-state index in [1.165, 1.54) is 0 Å². The Labute approximate surface area is 126 Å². The van der Waals surface area contributed by atoms with E-state index in [1.54, 1.807) is 4.90 Å². The lowest BCUT2D eigenvalue weighted by molar-refractivity contribution is -0.129. The minimum atomic E-state index is -3.00. The Balaban J connectivity index is 1.83. The molecule has 2 heterocycles. The Morgan fingerprint density at radius 3 is 2.71 bits per heavy atom. The fraction of sp³-hybridized carbons (Fsp3) is 0.857. The van der Waals surface area contributed by atoms with Gasteiger partial charge in [-0.05, 0) is 18.8 Å². The number of likely N-dealkylation sites (tertiary alicyclic amines) is 1. The fourth-order valence-corrected chi connectivity index (χ4v) is 4.48. The van der Waals surface area contributed by atoms with Gasteiger partial charge in [0, 0.05) is 25.6 Å². The van der Waals surface area contributed by atoms with Crippen molar-refractivity contribution in [1.82, 2.24) is 10.2 Å². The molecule has 2 aliphatic rings. The van der Waals surface area contributed by atoms with E-state index in [9.17, 15) is 18.0 Å². The zero-order valence-corrected chi connectivity index (χ0v) is 13.5. The van der Waals surface area contributed by atoms with Crippen molar-refractivity contribution in [3.05, 3.63) is 0 Å². The monoisotopic (exact) mass is 316 g/mol. The third-order valence-electron chi connectivity index (χ3n) is 4.14. The van der Waals surface area contributed by atoms with Gasteiger partial charge in [-0.2, -0.15) is 0 Å². The number of nitrogens with one attached hydrogen (secondary N) is 1. The molecule has 0 aliphatic carbocycles. The molecule has 2 atom stereocenters. The number of rotatable bonds is 5. The Kier molecular flexibility index (Phi) is 4.91. The highest BCUT2D eigenvalue weighted by Crippen LogP contribution is 2.20. The summed E-state index contributed by atoms with van der Waals surface area (Å²) in [6.45, 7) is 5.35. The van der Waals surface area contributed by atoms with Crippen LogP contribution in [0.1, 0.15) is 33.1 Å². The van der Waals surface area contributed by atoms with Gasteiger partial charge in [0.15, 0.2) is 9.84 Å². The summed E-state index contributed by atoms with van der Waals surface area (Å²) in [6.07, 6.45) is 1.65. The van der Waals surface area contributed by atoms with Gasteiger partial charge in [0.05, 0.1) is 17.4 Å². The fourth-order valence-electron chi connectivity index (χ4n) is 2.81. The maximum absolute atomic E-state index is 12.2. The van der Waals surface area contributed by atoms with Crippen molar-refractivity contribution < 1.29 is 18.0 Å². The van der Waals surface area contributed by atoms with Gasteiger partial charge in [0.25, 0.3) is 0 Å². The van der Waals surface area contributed by atoms with Crippen LogP contribution in [0.3, 0.4) is 0 Å². The topological polar surface area (TPSA) is 83.6 Å². The Bertz CT molecular complexity index is 515. The van der Waals surface area contributed by atoms with Crippen LogP contribution in [0.5, 0.6) is 0 Å². The van der Waals surface area contributed by atoms with Crippen LogP contribution < -0.4 is 5.32 Å². The number of hydrogen-bond donors (Lipinski definition) is 1. The average Bonchev–Trinajstić information content (AvgIpc) is 2.90. The summed E-state index contributed by atoms with van der Waals surface area (Å²) < 4.78 is 22.8. The van der Waals surface area contributed by atoms with Crippen LogP contribution in [0, 0.1) is 11.8 Å². The highest BCUT2D eigenvalue weighted by Gasteiger charge is 2.36. The second kappa shape index (κ2) is 6.34. The minimum absolute atomic E-state index is 0.0230. The summed E-state index contributed by atoms with van der Waals surface area (Å²) in [6, 6.07) is -0.290. The Morgan fingerprint density at radius 1 is 1.43 bits per heavy atom. The number of carbonyl (C=O) groups excluding carboxylic acids is 2. The van der Waals surface area contributed by atoms with E-state index in [2.05, 4.69) is 19.2 Å². The number of sulfone groups is 1. The number of amides is 2. The molecule has 2 rings (SSSR count). The molecule has 1 N–H and O–H groups in total. The third kappa shape index (κ3) is 4.43. The van der Waals surface area contributed by atoms with Gasteiger partial charge in [0.1, 0.15) is 0 Å². The second-order valence-corrected chi connectivity index (χ2v) is 8.76. The lowest BCUT2D eigenvalue weighted by atomic mass is 10.1. The molecule has 0 radical (unpaired) electrons. The van der Waals surface area contributed by atoms with Gasteiger partial charge in [-0.25, -0.2) is 8.42 Å². The third-order valence-corrected chi connectivity index (χ3v) is 5.91. The van der Waals surface area contributed by atoms with E-state index >= 15 is 0 Å². The summed E-state index contributed by atoms with van der Waals surface area (Å²) in [7, 11) is -3.00. The van der Waals surface area contributed by atoms with E-state index < -0.39 is 9.84 Å². The van der Waals surface area contributed by atoms with Gasteiger partial charge in [-0.1, -0.05) is 13.8 Å². The molecular weight excluding hydrogens is 292 g/mol. The standard InChI is InChI=1S/C14H24N2O4S/c1-10(2)3-5-16-8-11(7-13(16)17)14(18)15-12-4-6-21(19,20)9-12/h10-12H,3-9H2,1-2H3,(H,15,18). The maximum Gasteiger partial charge on any atom is 0.225 e. The van der Waals surface area contributed by atoms with Crippen LogP contribution >= 0.6 is 0 Å². The number of hydrogen-bond acceptors (Lipinski definition) is 4. The van der Waals surface area contributed by atoms with Crippen molar-refractivity contribution in [1.29, 1.82) is 0 Å². The molecule has 7 heteroatoms. The largest absolute Gasteiger partial charge is 0.352 e. The molecule has 0 aromatic carbocycles. The predicted molar refractivity (Wildman–Crippen MR) is 79.3 cm³/mol. The van der Waals surface area contributed by atoms with E-state index in [0.717, 1.165) is 6.42 Å². The first-order chi connectivity index (χ1) is 9.77. The Morgan fingerprint density at radius 2 is 2.14 bits per heavy atom. The van der Waals surface area contributed by atoms with Crippen molar-refractivity contribution in [2.45, 2.75) is 39.2 Å². The van der Waals surface area contributed by atoms with Crippen molar-refractivity contribution >= 4 is 21.7 Å². The van der Waals surface area contributed by atoms with E-state index in [1.807, 2.05) is 0 Å². The lowest BCUT2D eigenvalue weighted by Crippen LogP contribution is -2.40. The highest BCUT2D eigenvalue weighted by atomic mass is 32.2. The molecular formula is C14H24N2O4S. The molecule has 2 saturated heterocycles. The maximum atomic E-state index is 12.2. The van der Waals surface area contributed by atoms with Crippen molar-refractivity contribution in [2.24, 2.45) is 11.8 Å². The van der Waals surface area contributed by atoms with Crippen molar-refractivity contribution in [3.63, 3.8) is 0 Å². The van der Waals surface area contributed by atoms with Crippen LogP contribution in [-0.4, -0.2) is 55.8 Å². The van der Waals surface area contributed by atoms with Crippen LogP contribution in [0.25, 0.3) is 0 Å². The summed E-state index contributed by atoms with van der Waals surface area (Å²) in [5.41, 5.74) is 0. The molecule has 0 bridgehead atoms. The highest BCUT2D eigenvalue weighted by molar-refractivity contribution is 7.91. The van der Waals surface area contributed by atoms with E-state index in [-0.39, 0.29) is 41.7 Å².